The molecule has 0 saturated carbocycles. The van der Waals surface area contributed by atoms with E-state index in [0.29, 0.717) is 37.5 Å². The van der Waals surface area contributed by atoms with Crippen molar-refractivity contribution in [2.45, 2.75) is 407 Å². The quantitative estimate of drug-likeness (QED) is 0.0222. The van der Waals surface area contributed by atoms with Crippen molar-refractivity contribution in [1.82, 2.24) is 0 Å². The first-order chi connectivity index (χ1) is 45.7. The second kappa shape index (κ2) is 66.6. The molecule has 0 spiro atoms. The number of phosphoric ester groups is 2. The topological polar surface area (TPSA) is 237 Å². The summed E-state index contributed by atoms with van der Waals surface area (Å²) in [7, 11) is -9.91. The molecule has 0 aromatic rings. The van der Waals surface area contributed by atoms with Gasteiger partial charge in [0, 0.05) is 25.7 Å². The van der Waals surface area contributed by atoms with Crippen LogP contribution in [0, 0.1) is 17.8 Å². The molecule has 0 fully saturated rings. The van der Waals surface area contributed by atoms with Crippen LogP contribution in [0.2, 0.25) is 0 Å². The highest BCUT2D eigenvalue weighted by molar-refractivity contribution is 7.47. The first-order valence-corrected chi connectivity index (χ1v) is 42.3. The molecular weight excluding hydrogens is 1250 g/mol. The van der Waals surface area contributed by atoms with Crippen molar-refractivity contribution in [1.29, 1.82) is 0 Å². The van der Waals surface area contributed by atoms with E-state index in [1.165, 1.54) is 193 Å². The van der Waals surface area contributed by atoms with Crippen LogP contribution in [0.1, 0.15) is 389 Å². The Labute approximate surface area is 581 Å². The van der Waals surface area contributed by atoms with Crippen molar-refractivity contribution in [3.8, 4) is 0 Å². The Balaban J connectivity index is 5.17. The highest BCUT2D eigenvalue weighted by Gasteiger charge is 2.30. The number of esters is 4. The number of unbranched alkanes of at least 4 members (excludes halogenated alkanes) is 42. The maximum atomic E-state index is 13.1. The molecule has 17 nitrogen and oxygen atoms in total. The number of hydrogen-bond acceptors (Lipinski definition) is 15. The summed E-state index contributed by atoms with van der Waals surface area (Å²) < 4.78 is 68.4. The summed E-state index contributed by atoms with van der Waals surface area (Å²) in [6, 6.07) is 0. The maximum Gasteiger partial charge on any atom is 0.472 e. The monoisotopic (exact) mass is 1400 g/mol. The normalized spacial score (nSPS) is 14.1. The second-order valence-electron chi connectivity index (χ2n) is 28.8. The fraction of sp³-hybridized carbons (Fsp3) is 0.947. The molecule has 0 bridgehead atoms. The van der Waals surface area contributed by atoms with Crippen LogP contribution in [0.4, 0.5) is 0 Å². The largest absolute Gasteiger partial charge is 0.472 e. The zero-order valence-electron chi connectivity index (χ0n) is 62.1. The average Bonchev–Trinajstić information content (AvgIpc) is 1.73. The molecule has 0 heterocycles. The molecule has 0 saturated heterocycles. The number of ether oxygens (including phenoxy) is 4. The summed E-state index contributed by atoms with van der Waals surface area (Å²) in [6.07, 6.45) is 53.2. The molecule has 5 atom stereocenters. The third-order valence-electron chi connectivity index (χ3n) is 17.6. The number of carbonyl (C=O) groups excluding carboxylic acids is 4. The van der Waals surface area contributed by atoms with E-state index in [1.54, 1.807) is 0 Å². The van der Waals surface area contributed by atoms with Gasteiger partial charge in [0.05, 0.1) is 26.4 Å². The number of aliphatic hydroxyl groups is 1. The lowest BCUT2D eigenvalue weighted by molar-refractivity contribution is -0.161. The summed E-state index contributed by atoms with van der Waals surface area (Å²) in [5.41, 5.74) is 0. The molecule has 0 radical (unpaired) electrons. The van der Waals surface area contributed by atoms with E-state index >= 15 is 0 Å². The lowest BCUT2D eigenvalue weighted by Crippen LogP contribution is -2.30. The summed E-state index contributed by atoms with van der Waals surface area (Å²) in [6.45, 7) is 11.7. The molecule has 2 unspecified atom stereocenters. The van der Waals surface area contributed by atoms with Crippen LogP contribution in [-0.2, 0) is 65.4 Å². The molecule has 19 heteroatoms. The number of hydrogen-bond donors (Lipinski definition) is 3. The van der Waals surface area contributed by atoms with Crippen molar-refractivity contribution in [2.75, 3.05) is 39.6 Å². The van der Waals surface area contributed by atoms with E-state index in [-0.39, 0.29) is 25.7 Å². The SMILES string of the molecule is CCCCCCCCCCCCCCCCCCCCCCCCC(=O)O[C@H](COC(=O)CCCCCCCCCCCCCC(C)C)COP(=O)(O)OC[C@@H](O)COP(=O)(O)OC[C@@H](COC(=O)CCCCCCCCC(C)C)OC(=O)CCCCCCCCCC(C)C. The molecule has 0 aliphatic heterocycles. The van der Waals surface area contributed by atoms with Gasteiger partial charge < -0.3 is 33.8 Å². The zero-order valence-corrected chi connectivity index (χ0v) is 63.9. The van der Waals surface area contributed by atoms with Gasteiger partial charge in [-0.15, -0.1) is 0 Å². The van der Waals surface area contributed by atoms with Gasteiger partial charge in [-0.1, -0.05) is 337 Å². The number of rotatable bonds is 74. The van der Waals surface area contributed by atoms with E-state index in [0.717, 1.165) is 102 Å². The van der Waals surface area contributed by atoms with E-state index < -0.39 is 97.5 Å². The fourth-order valence-electron chi connectivity index (χ4n) is 11.6. The van der Waals surface area contributed by atoms with Crippen LogP contribution in [0.5, 0.6) is 0 Å². The van der Waals surface area contributed by atoms with Gasteiger partial charge in [0.1, 0.15) is 19.3 Å². The highest BCUT2D eigenvalue weighted by Crippen LogP contribution is 2.45. The number of aliphatic hydroxyl groups excluding tert-OH is 1. The predicted octanol–water partition coefficient (Wildman–Crippen LogP) is 22.2. The predicted molar refractivity (Wildman–Crippen MR) is 386 cm³/mol. The standard InChI is InChI=1S/C76H148O17P2/c1-8-9-10-11-12-13-14-15-16-17-18-19-20-21-22-23-24-27-31-36-45-52-59-75(80)92-71(63-86-73(78)57-50-43-35-30-28-25-26-29-33-40-47-54-67(2)3)65-90-94(82,83)88-61-70(77)62-89-95(84,85)91-66-72(64-87-74(79)58-51-44-39-38-42-49-56-69(6)7)93-76(81)60-53-46-37-32-34-41-48-55-68(4)5/h67-72,77H,8-66H2,1-7H3,(H,82,83)(H,84,85)/t70-,71-,72-/m1/s1. The number of carbonyl (C=O) groups is 4. The molecule has 0 aliphatic rings. The van der Waals surface area contributed by atoms with Crippen molar-refractivity contribution >= 4 is 39.5 Å². The second-order valence-corrected chi connectivity index (χ2v) is 31.7. The first-order valence-electron chi connectivity index (χ1n) is 39.3. The minimum Gasteiger partial charge on any atom is -0.462 e. The van der Waals surface area contributed by atoms with Crippen molar-refractivity contribution in [2.24, 2.45) is 17.8 Å². The number of phosphoric acid groups is 2. The zero-order chi connectivity index (χ0) is 70.1. The molecule has 0 aromatic heterocycles. The molecule has 0 aliphatic carbocycles. The lowest BCUT2D eigenvalue weighted by Gasteiger charge is -2.21. The molecule has 3 N–H and O–H groups in total. The van der Waals surface area contributed by atoms with Crippen molar-refractivity contribution in [3.05, 3.63) is 0 Å². The van der Waals surface area contributed by atoms with Gasteiger partial charge in [-0.3, -0.25) is 37.3 Å². The van der Waals surface area contributed by atoms with Gasteiger partial charge in [0.15, 0.2) is 12.2 Å². The summed E-state index contributed by atoms with van der Waals surface area (Å²) >= 11 is 0. The molecule has 0 aromatic carbocycles. The van der Waals surface area contributed by atoms with Crippen LogP contribution in [0.15, 0.2) is 0 Å². The molecule has 95 heavy (non-hydrogen) atoms. The Morgan fingerprint density at radius 1 is 0.284 bits per heavy atom. The van der Waals surface area contributed by atoms with Crippen LogP contribution in [0.3, 0.4) is 0 Å². The maximum absolute atomic E-state index is 13.1. The van der Waals surface area contributed by atoms with Gasteiger partial charge in [-0.2, -0.15) is 0 Å². The van der Waals surface area contributed by atoms with Gasteiger partial charge >= 0.3 is 39.5 Å². The van der Waals surface area contributed by atoms with Crippen LogP contribution < -0.4 is 0 Å². The Bertz CT molecular complexity index is 1850. The minimum absolute atomic E-state index is 0.102. The summed E-state index contributed by atoms with van der Waals surface area (Å²) in [4.78, 5) is 72.7. The first kappa shape index (κ1) is 93.1. The molecule has 0 rings (SSSR count). The van der Waals surface area contributed by atoms with E-state index in [9.17, 15) is 43.2 Å². The summed E-state index contributed by atoms with van der Waals surface area (Å²) in [5.74, 6) is 0.0211. The van der Waals surface area contributed by atoms with Gasteiger partial charge in [-0.05, 0) is 43.4 Å². The van der Waals surface area contributed by atoms with Crippen LogP contribution in [0.25, 0.3) is 0 Å². The third kappa shape index (κ3) is 70.3. The van der Waals surface area contributed by atoms with Crippen LogP contribution in [-0.4, -0.2) is 96.7 Å². The average molecular weight is 1400 g/mol. The van der Waals surface area contributed by atoms with Gasteiger partial charge in [-0.25, -0.2) is 9.13 Å². The molecule has 564 valence electrons. The van der Waals surface area contributed by atoms with Gasteiger partial charge in [0.2, 0.25) is 0 Å². The Kier molecular flexibility index (Phi) is 65.2. The summed E-state index contributed by atoms with van der Waals surface area (Å²) in [5, 5.41) is 10.6. The molecule has 0 amide bonds. The van der Waals surface area contributed by atoms with E-state index in [4.69, 9.17) is 37.0 Å². The molecular formula is C76H148O17P2. The van der Waals surface area contributed by atoms with E-state index in [2.05, 4.69) is 48.5 Å². The Morgan fingerprint density at radius 2 is 0.484 bits per heavy atom. The fourth-order valence-corrected chi connectivity index (χ4v) is 13.2. The minimum atomic E-state index is -4.96. The highest BCUT2D eigenvalue weighted by atomic mass is 31.2. The smallest absolute Gasteiger partial charge is 0.462 e. The van der Waals surface area contributed by atoms with Crippen molar-refractivity contribution in [3.63, 3.8) is 0 Å². The third-order valence-corrected chi connectivity index (χ3v) is 19.5. The Hall–Kier alpha value is -1.94. The lowest BCUT2D eigenvalue weighted by atomic mass is 10.0. The van der Waals surface area contributed by atoms with Gasteiger partial charge in [0.25, 0.3) is 0 Å². The van der Waals surface area contributed by atoms with Crippen molar-refractivity contribution < 1.29 is 80.2 Å². The van der Waals surface area contributed by atoms with Crippen LogP contribution >= 0.6 is 15.6 Å². The Morgan fingerprint density at radius 3 is 0.716 bits per heavy atom. The van der Waals surface area contributed by atoms with E-state index in [1.807, 2.05) is 0 Å².